The Labute approximate surface area is 129 Å². The van der Waals surface area contributed by atoms with Crippen LogP contribution in [-0.4, -0.2) is 44.3 Å². The standard InChI is InChI=1S/C18H30N2O/c1-12-9-13(2)18(14(3)10-12)16(19-5)11-20(6)17-7-8-21-15(17)4/h9-10,15-17,19H,7-8,11H2,1-6H3. The van der Waals surface area contributed by atoms with Gasteiger partial charge in [0.05, 0.1) is 6.10 Å². The van der Waals surface area contributed by atoms with E-state index in [2.05, 4.69) is 64.1 Å². The predicted molar refractivity (Wildman–Crippen MR) is 88.9 cm³/mol. The first-order valence-electron chi connectivity index (χ1n) is 8.01. The van der Waals surface area contributed by atoms with E-state index in [-0.39, 0.29) is 0 Å². The van der Waals surface area contributed by atoms with Gasteiger partial charge < -0.3 is 10.1 Å². The number of nitrogens with one attached hydrogen (secondary N) is 1. The zero-order chi connectivity index (χ0) is 15.6. The third kappa shape index (κ3) is 3.65. The van der Waals surface area contributed by atoms with Crippen molar-refractivity contribution < 1.29 is 4.74 Å². The summed E-state index contributed by atoms with van der Waals surface area (Å²) < 4.78 is 5.71. The van der Waals surface area contributed by atoms with Crippen molar-refractivity contribution in [2.75, 3.05) is 27.2 Å². The molecule has 118 valence electrons. The molecule has 1 aromatic carbocycles. The Morgan fingerprint density at radius 1 is 1.29 bits per heavy atom. The molecular formula is C18H30N2O. The Hall–Kier alpha value is -0.900. The Kier molecular flexibility index (Phi) is 5.42. The van der Waals surface area contributed by atoms with Crippen molar-refractivity contribution in [1.29, 1.82) is 0 Å². The lowest BCUT2D eigenvalue weighted by atomic mass is 9.93. The fraction of sp³-hybridized carbons (Fsp3) is 0.667. The van der Waals surface area contributed by atoms with Crippen molar-refractivity contribution in [2.24, 2.45) is 0 Å². The van der Waals surface area contributed by atoms with Crippen molar-refractivity contribution in [1.82, 2.24) is 10.2 Å². The Morgan fingerprint density at radius 3 is 2.38 bits per heavy atom. The highest BCUT2D eigenvalue weighted by Crippen LogP contribution is 2.26. The average Bonchev–Trinajstić information content (AvgIpc) is 2.82. The SMILES string of the molecule is CNC(CN(C)C1CCOC1C)c1c(C)cc(C)cc1C. The summed E-state index contributed by atoms with van der Waals surface area (Å²) in [7, 11) is 4.28. The molecule has 21 heavy (non-hydrogen) atoms. The van der Waals surface area contributed by atoms with Crippen molar-refractivity contribution in [3.8, 4) is 0 Å². The molecule has 2 rings (SSSR count). The highest BCUT2D eigenvalue weighted by molar-refractivity contribution is 5.39. The van der Waals surface area contributed by atoms with Crippen LogP contribution in [0, 0.1) is 20.8 Å². The zero-order valence-electron chi connectivity index (χ0n) is 14.4. The summed E-state index contributed by atoms with van der Waals surface area (Å²) in [5.74, 6) is 0. The average molecular weight is 290 g/mol. The van der Waals surface area contributed by atoms with Crippen molar-refractivity contribution in [3.63, 3.8) is 0 Å². The number of likely N-dealkylation sites (N-methyl/N-ethyl adjacent to an activating group) is 2. The molecule has 1 fully saturated rings. The van der Waals surface area contributed by atoms with Gasteiger partial charge in [0.2, 0.25) is 0 Å². The van der Waals surface area contributed by atoms with Crippen LogP contribution in [0.25, 0.3) is 0 Å². The first-order valence-corrected chi connectivity index (χ1v) is 8.01. The quantitative estimate of drug-likeness (QED) is 0.902. The highest BCUT2D eigenvalue weighted by Gasteiger charge is 2.29. The second-order valence-electron chi connectivity index (χ2n) is 6.53. The van der Waals surface area contributed by atoms with Crippen LogP contribution in [0.4, 0.5) is 0 Å². The molecule has 0 saturated carbocycles. The summed E-state index contributed by atoms with van der Waals surface area (Å²) in [4.78, 5) is 2.46. The first kappa shape index (κ1) is 16.5. The van der Waals surface area contributed by atoms with Gasteiger partial charge in [0.1, 0.15) is 0 Å². The van der Waals surface area contributed by atoms with Crippen LogP contribution in [0.2, 0.25) is 0 Å². The monoisotopic (exact) mass is 290 g/mol. The van der Waals surface area contributed by atoms with Crippen LogP contribution in [0.5, 0.6) is 0 Å². The lowest BCUT2D eigenvalue weighted by Gasteiger charge is -2.32. The van der Waals surface area contributed by atoms with E-state index < -0.39 is 0 Å². The molecule has 3 unspecified atom stereocenters. The molecule has 1 N–H and O–H groups in total. The molecule has 0 amide bonds. The number of aryl methyl sites for hydroxylation is 3. The summed E-state index contributed by atoms with van der Waals surface area (Å²) in [6.45, 7) is 10.7. The van der Waals surface area contributed by atoms with Gasteiger partial charge >= 0.3 is 0 Å². The van der Waals surface area contributed by atoms with Gasteiger partial charge in [0.25, 0.3) is 0 Å². The van der Waals surface area contributed by atoms with E-state index in [1.807, 2.05) is 0 Å². The van der Waals surface area contributed by atoms with Gasteiger partial charge in [-0.3, -0.25) is 4.90 Å². The maximum atomic E-state index is 5.71. The van der Waals surface area contributed by atoms with E-state index in [1.165, 1.54) is 22.3 Å². The Balaban J connectivity index is 2.16. The number of nitrogens with zero attached hydrogens (tertiary/aromatic N) is 1. The van der Waals surface area contributed by atoms with E-state index in [1.54, 1.807) is 0 Å². The minimum absolute atomic E-state index is 0.340. The maximum absolute atomic E-state index is 5.71. The summed E-state index contributed by atoms with van der Waals surface area (Å²) in [5, 5.41) is 3.51. The van der Waals surface area contributed by atoms with Crippen LogP contribution in [0.15, 0.2) is 12.1 Å². The van der Waals surface area contributed by atoms with E-state index >= 15 is 0 Å². The van der Waals surface area contributed by atoms with E-state index in [9.17, 15) is 0 Å². The Bertz CT molecular complexity index is 463. The molecule has 1 aliphatic heterocycles. The molecule has 0 aromatic heterocycles. The molecule has 0 bridgehead atoms. The molecular weight excluding hydrogens is 260 g/mol. The zero-order valence-corrected chi connectivity index (χ0v) is 14.4. The molecule has 1 heterocycles. The van der Waals surface area contributed by atoms with Crippen LogP contribution in [0.3, 0.4) is 0 Å². The van der Waals surface area contributed by atoms with Gasteiger partial charge in [0, 0.05) is 25.2 Å². The molecule has 3 nitrogen and oxygen atoms in total. The minimum atomic E-state index is 0.340. The van der Waals surface area contributed by atoms with Crippen molar-refractivity contribution >= 4 is 0 Å². The summed E-state index contributed by atoms with van der Waals surface area (Å²) in [5.41, 5.74) is 5.56. The fourth-order valence-corrected chi connectivity index (χ4v) is 3.79. The predicted octanol–water partition coefficient (Wildman–Crippen LogP) is 2.98. The van der Waals surface area contributed by atoms with Gasteiger partial charge in [-0.1, -0.05) is 17.7 Å². The number of hydrogen-bond acceptors (Lipinski definition) is 3. The molecule has 0 radical (unpaired) electrons. The lowest BCUT2D eigenvalue weighted by molar-refractivity contribution is 0.0806. The molecule has 1 aromatic rings. The van der Waals surface area contributed by atoms with Crippen LogP contribution in [-0.2, 0) is 4.74 Å². The molecule has 0 spiro atoms. The highest BCUT2D eigenvalue weighted by atomic mass is 16.5. The molecule has 3 atom stereocenters. The molecule has 0 aliphatic carbocycles. The third-order valence-electron chi connectivity index (χ3n) is 4.81. The summed E-state index contributed by atoms with van der Waals surface area (Å²) in [6.07, 6.45) is 1.48. The minimum Gasteiger partial charge on any atom is -0.377 e. The fourth-order valence-electron chi connectivity index (χ4n) is 3.79. The molecule has 3 heteroatoms. The number of benzene rings is 1. The van der Waals surface area contributed by atoms with Crippen molar-refractivity contribution in [2.45, 2.75) is 52.3 Å². The van der Waals surface area contributed by atoms with Gasteiger partial charge in [-0.15, -0.1) is 0 Å². The topological polar surface area (TPSA) is 24.5 Å². The summed E-state index contributed by atoms with van der Waals surface area (Å²) >= 11 is 0. The van der Waals surface area contributed by atoms with Crippen LogP contribution in [0.1, 0.15) is 41.6 Å². The largest absolute Gasteiger partial charge is 0.377 e. The van der Waals surface area contributed by atoms with Crippen LogP contribution >= 0.6 is 0 Å². The molecule has 1 saturated heterocycles. The van der Waals surface area contributed by atoms with E-state index in [0.29, 0.717) is 18.2 Å². The normalized spacial score (nSPS) is 23.8. The van der Waals surface area contributed by atoms with Crippen LogP contribution < -0.4 is 5.32 Å². The smallest absolute Gasteiger partial charge is 0.0702 e. The first-order chi connectivity index (χ1) is 9.93. The second kappa shape index (κ2) is 6.91. The van der Waals surface area contributed by atoms with Crippen molar-refractivity contribution in [3.05, 3.63) is 34.4 Å². The van der Waals surface area contributed by atoms with Gasteiger partial charge in [-0.05, 0) is 64.9 Å². The second-order valence-corrected chi connectivity index (χ2v) is 6.53. The summed E-state index contributed by atoms with van der Waals surface area (Å²) in [6, 6.07) is 5.47. The van der Waals surface area contributed by atoms with E-state index in [0.717, 1.165) is 19.6 Å². The maximum Gasteiger partial charge on any atom is 0.0702 e. The van der Waals surface area contributed by atoms with Gasteiger partial charge in [-0.2, -0.15) is 0 Å². The number of ether oxygens (including phenoxy) is 1. The lowest BCUT2D eigenvalue weighted by Crippen LogP contribution is -2.41. The number of hydrogen-bond donors (Lipinski definition) is 1. The van der Waals surface area contributed by atoms with E-state index in [4.69, 9.17) is 4.74 Å². The van der Waals surface area contributed by atoms with Gasteiger partial charge in [-0.25, -0.2) is 0 Å². The third-order valence-corrected chi connectivity index (χ3v) is 4.81. The Morgan fingerprint density at radius 2 is 1.90 bits per heavy atom. The molecule has 1 aliphatic rings. The van der Waals surface area contributed by atoms with Gasteiger partial charge in [0.15, 0.2) is 0 Å². The number of rotatable bonds is 5.